The number of nitriles is 1. The second-order valence-electron chi connectivity index (χ2n) is 2.72. The Labute approximate surface area is 86.1 Å². The summed E-state index contributed by atoms with van der Waals surface area (Å²) >= 11 is 0. The molecule has 0 heterocycles. The van der Waals surface area contributed by atoms with E-state index in [-0.39, 0.29) is 23.5 Å². The zero-order valence-corrected chi connectivity index (χ0v) is 8.02. The van der Waals surface area contributed by atoms with E-state index >= 15 is 0 Å². The Bertz CT molecular complexity index is 434. The van der Waals surface area contributed by atoms with Gasteiger partial charge in [-0.05, 0) is 13.0 Å². The number of hydrogen-bond donors (Lipinski definition) is 2. The Balaban J connectivity index is 3.28. The summed E-state index contributed by atoms with van der Waals surface area (Å²) in [7, 11) is 0. The maximum Gasteiger partial charge on any atom is 0.339 e. The summed E-state index contributed by atoms with van der Waals surface area (Å²) in [6.45, 7) is 1.77. The van der Waals surface area contributed by atoms with Crippen molar-refractivity contribution >= 4 is 5.97 Å². The van der Waals surface area contributed by atoms with E-state index in [1.54, 1.807) is 13.0 Å². The number of carbonyl (C=O) groups is 1. The number of ether oxygens (including phenoxy) is 1. The first-order chi connectivity index (χ1) is 7.10. The molecule has 1 rings (SSSR count). The van der Waals surface area contributed by atoms with Crippen LogP contribution in [0.4, 0.5) is 0 Å². The third kappa shape index (κ3) is 2.17. The highest BCUT2D eigenvalue weighted by molar-refractivity contribution is 5.93. The number of carbonyl (C=O) groups excluding carboxylic acids is 1. The molecule has 0 unspecified atom stereocenters. The van der Waals surface area contributed by atoms with Crippen molar-refractivity contribution in [3.8, 4) is 17.6 Å². The molecule has 5 nitrogen and oxygen atoms in total. The van der Waals surface area contributed by atoms with Crippen LogP contribution < -0.4 is 0 Å². The van der Waals surface area contributed by atoms with E-state index in [1.807, 2.05) is 0 Å². The molecule has 0 saturated heterocycles. The largest absolute Gasteiger partial charge is 0.508 e. The fourth-order valence-electron chi connectivity index (χ4n) is 1.10. The van der Waals surface area contributed by atoms with Gasteiger partial charge >= 0.3 is 5.97 Å². The van der Waals surface area contributed by atoms with E-state index in [9.17, 15) is 9.90 Å². The molecule has 0 radical (unpaired) electrons. The minimum absolute atomic E-state index is 0.142. The van der Waals surface area contributed by atoms with Gasteiger partial charge in [-0.2, -0.15) is 5.26 Å². The van der Waals surface area contributed by atoms with Crippen molar-refractivity contribution < 1.29 is 19.7 Å². The summed E-state index contributed by atoms with van der Waals surface area (Å²) in [4.78, 5) is 11.3. The number of esters is 1. The van der Waals surface area contributed by atoms with Crippen LogP contribution in [0.15, 0.2) is 12.1 Å². The molecule has 1 aromatic carbocycles. The van der Waals surface area contributed by atoms with Crippen molar-refractivity contribution in [2.45, 2.75) is 6.92 Å². The Morgan fingerprint density at radius 1 is 1.53 bits per heavy atom. The SMILES string of the molecule is CCOC(=O)c1cc(O)cc(O)c1C#N. The second kappa shape index (κ2) is 4.33. The highest BCUT2D eigenvalue weighted by Gasteiger charge is 2.17. The zero-order valence-electron chi connectivity index (χ0n) is 8.02. The predicted molar refractivity (Wildman–Crippen MR) is 50.4 cm³/mol. The zero-order chi connectivity index (χ0) is 11.4. The first kappa shape index (κ1) is 10.9. The van der Waals surface area contributed by atoms with Gasteiger partial charge in [0.15, 0.2) is 0 Å². The molecule has 0 bridgehead atoms. The quantitative estimate of drug-likeness (QED) is 0.710. The first-order valence-electron chi connectivity index (χ1n) is 4.23. The normalized spacial score (nSPS) is 9.33. The van der Waals surface area contributed by atoms with Gasteiger partial charge in [-0.3, -0.25) is 0 Å². The molecule has 0 aliphatic rings. The lowest BCUT2D eigenvalue weighted by atomic mass is 10.1. The van der Waals surface area contributed by atoms with Crippen molar-refractivity contribution in [3.05, 3.63) is 23.3 Å². The molecule has 0 fully saturated rings. The van der Waals surface area contributed by atoms with Gasteiger partial charge in [-0.1, -0.05) is 0 Å². The molecule has 5 heteroatoms. The van der Waals surface area contributed by atoms with Crippen LogP contribution in [0.25, 0.3) is 0 Å². The highest BCUT2D eigenvalue weighted by atomic mass is 16.5. The van der Waals surface area contributed by atoms with Crippen LogP contribution >= 0.6 is 0 Å². The van der Waals surface area contributed by atoms with Crippen LogP contribution in [0.3, 0.4) is 0 Å². The molecule has 0 aliphatic carbocycles. The molecule has 15 heavy (non-hydrogen) atoms. The fourth-order valence-corrected chi connectivity index (χ4v) is 1.10. The molecular weight excluding hydrogens is 198 g/mol. The Kier molecular flexibility index (Phi) is 3.13. The van der Waals surface area contributed by atoms with Crippen molar-refractivity contribution in [1.82, 2.24) is 0 Å². The van der Waals surface area contributed by atoms with Crippen LogP contribution in [0.5, 0.6) is 11.5 Å². The highest BCUT2D eigenvalue weighted by Crippen LogP contribution is 2.26. The number of phenols is 2. The average Bonchev–Trinajstić information content (AvgIpc) is 2.17. The molecule has 0 atom stereocenters. The topological polar surface area (TPSA) is 90.6 Å². The molecular formula is C10H9NO4. The van der Waals surface area contributed by atoms with E-state index in [2.05, 4.69) is 4.74 Å². The minimum Gasteiger partial charge on any atom is -0.508 e. The van der Waals surface area contributed by atoms with Crippen molar-refractivity contribution in [2.24, 2.45) is 0 Å². The van der Waals surface area contributed by atoms with Gasteiger partial charge in [0.2, 0.25) is 0 Å². The molecule has 78 valence electrons. The van der Waals surface area contributed by atoms with Crippen LogP contribution in [0, 0.1) is 11.3 Å². The van der Waals surface area contributed by atoms with Crippen LogP contribution in [-0.4, -0.2) is 22.8 Å². The van der Waals surface area contributed by atoms with E-state index in [4.69, 9.17) is 10.4 Å². The Morgan fingerprint density at radius 3 is 2.73 bits per heavy atom. The molecule has 0 aromatic heterocycles. The Hall–Kier alpha value is -2.22. The van der Waals surface area contributed by atoms with E-state index < -0.39 is 11.7 Å². The fraction of sp³-hybridized carbons (Fsp3) is 0.200. The number of hydrogen-bond acceptors (Lipinski definition) is 5. The van der Waals surface area contributed by atoms with Crippen LogP contribution in [-0.2, 0) is 4.74 Å². The summed E-state index contributed by atoms with van der Waals surface area (Å²) in [5.41, 5.74) is -0.344. The van der Waals surface area contributed by atoms with Gasteiger partial charge in [0.05, 0.1) is 12.2 Å². The summed E-state index contributed by atoms with van der Waals surface area (Å²) < 4.78 is 4.67. The number of rotatable bonds is 2. The second-order valence-corrected chi connectivity index (χ2v) is 2.72. The lowest BCUT2D eigenvalue weighted by Crippen LogP contribution is -2.06. The number of phenolic OH excluding ortho intramolecular Hbond substituents is 2. The third-order valence-electron chi connectivity index (χ3n) is 1.71. The minimum atomic E-state index is -0.750. The summed E-state index contributed by atoms with van der Waals surface area (Å²) in [5, 5.41) is 27.2. The third-order valence-corrected chi connectivity index (χ3v) is 1.71. The summed E-state index contributed by atoms with van der Waals surface area (Å²) in [6, 6.07) is 3.74. The summed E-state index contributed by atoms with van der Waals surface area (Å²) in [5.74, 6) is -1.49. The van der Waals surface area contributed by atoms with Gasteiger partial charge < -0.3 is 14.9 Å². The van der Waals surface area contributed by atoms with Gasteiger partial charge in [0.1, 0.15) is 23.1 Å². The van der Waals surface area contributed by atoms with E-state index in [0.29, 0.717) is 0 Å². The standard InChI is InChI=1S/C10H9NO4/c1-2-15-10(14)7-3-6(12)4-9(13)8(7)5-11/h3-4,12-13H,2H2,1H3. The lowest BCUT2D eigenvalue weighted by Gasteiger charge is -2.05. The van der Waals surface area contributed by atoms with Gasteiger partial charge in [0.25, 0.3) is 0 Å². The molecule has 0 spiro atoms. The lowest BCUT2D eigenvalue weighted by molar-refractivity contribution is 0.0525. The molecule has 0 aliphatic heterocycles. The number of benzene rings is 1. The van der Waals surface area contributed by atoms with Crippen molar-refractivity contribution in [3.63, 3.8) is 0 Å². The van der Waals surface area contributed by atoms with Crippen molar-refractivity contribution in [2.75, 3.05) is 6.61 Å². The maximum absolute atomic E-state index is 11.3. The summed E-state index contributed by atoms with van der Waals surface area (Å²) in [6.07, 6.45) is 0. The number of nitrogens with zero attached hydrogens (tertiary/aromatic N) is 1. The van der Waals surface area contributed by atoms with Crippen molar-refractivity contribution in [1.29, 1.82) is 5.26 Å². The molecule has 1 aromatic rings. The van der Waals surface area contributed by atoms with Crippen LogP contribution in [0.2, 0.25) is 0 Å². The molecule has 0 saturated carbocycles. The van der Waals surface area contributed by atoms with Gasteiger partial charge in [0, 0.05) is 6.07 Å². The smallest absolute Gasteiger partial charge is 0.339 e. The van der Waals surface area contributed by atoms with E-state index in [1.165, 1.54) is 0 Å². The van der Waals surface area contributed by atoms with Crippen LogP contribution in [0.1, 0.15) is 22.8 Å². The maximum atomic E-state index is 11.3. The average molecular weight is 207 g/mol. The number of aromatic hydroxyl groups is 2. The molecule has 2 N–H and O–H groups in total. The van der Waals surface area contributed by atoms with E-state index in [0.717, 1.165) is 12.1 Å². The first-order valence-corrected chi connectivity index (χ1v) is 4.23. The molecule has 0 amide bonds. The van der Waals surface area contributed by atoms with Gasteiger partial charge in [-0.25, -0.2) is 4.79 Å². The monoisotopic (exact) mass is 207 g/mol. The predicted octanol–water partition coefficient (Wildman–Crippen LogP) is 1.15. The van der Waals surface area contributed by atoms with Gasteiger partial charge in [-0.15, -0.1) is 0 Å². The Morgan fingerprint density at radius 2 is 2.20 bits per heavy atom.